The highest BCUT2D eigenvalue weighted by atomic mass is 32.1. The highest BCUT2D eigenvalue weighted by Gasteiger charge is 2.20. The highest BCUT2D eigenvalue weighted by Crippen LogP contribution is 2.17. The molecule has 1 aromatic heterocycles. The number of benzene rings is 1. The lowest BCUT2D eigenvalue weighted by Crippen LogP contribution is -2.47. The quantitative estimate of drug-likeness (QED) is 0.902. The average molecular weight is 342 g/mol. The number of piperazine rings is 1. The summed E-state index contributed by atoms with van der Waals surface area (Å²) in [5.74, 6) is 0. The van der Waals surface area contributed by atoms with Crippen LogP contribution in [0.2, 0.25) is 0 Å². The molecule has 1 unspecified atom stereocenters. The summed E-state index contributed by atoms with van der Waals surface area (Å²) < 4.78 is 0. The smallest absolute Gasteiger partial charge is 0.0991 e. The van der Waals surface area contributed by atoms with E-state index in [9.17, 15) is 5.11 Å². The topological polar surface area (TPSA) is 63.4 Å². The Labute approximate surface area is 146 Å². The lowest BCUT2D eigenvalue weighted by Gasteiger charge is -2.35. The third kappa shape index (κ3) is 4.40. The molecule has 24 heavy (non-hydrogen) atoms. The van der Waals surface area contributed by atoms with E-state index in [0.29, 0.717) is 12.1 Å². The van der Waals surface area contributed by atoms with Crippen LogP contribution in [0.25, 0.3) is 0 Å². The Morgan fingerprint density at radius 1 is 1.21 bits per heavy atom. The number of rotatable bonds is 5. The number of aromatic nitrogens is 1. The third-order valence-corrected chi connectivity index (χ3v) is 5.20. The lowest BCUT2D eigenvalue weighted by atomic mass is 10.1. The van der Waals surface area contributed by atoms with Gasteiger partial charge in [-0.05, 0) is 24.6 Å². The maximum atomic E-state index is 10.4. The van der Waals surface area contributed by atoms with Crippen LogP contribution in [-0.4, -0.2) is 52.6 Å². The minimum absolute atomic E-state index is 0.509. The normalized spacial score (nSPS) is 17.5. The zero-order chi connectivity index (χ0) is 16.9. The molecular formula is C18H22N4OS. The molecule has 0 bridgehead atoms. The number of thiazole rings is 1. The van der Waals surface area contributed by atoms with Crippen molar-refractivity contribution < 1.29 is 5.11 Å². The standard InChI is InChI=1S/C18H22N4OS/c1-14-20-17(13-24-14)11-21-6-8-22(9-7-21)12-18(23)16-4-2-15(10-19)3-5-16/h2-5,13,18,23H,6-9,11-12H2,1H3. The van der Waals surface area contributed by atoms with Crippen LogP contribution in [0.1, 0.15) is 27.9 Å². The van der Waals surface area contributed by atoms with Gasteiger partial charge >= 0.3 is 0 Å². The first-order valence-corrected chi connectivity index (χ1v) is 9.06. The van der Waals surface area contributed by atoms with Crippen LogP contribution in [0.15, 0.2) is 29.6 Å². The summed E-state index contributed by atoms with van der Waals surface area (Å²) in [6, 6.07) is 9.29. The molecule has 0 saturated carbocycles. The Morgan fingerprint density at radius 2 is 1.88 bits per heavy atom. The summed E-state index contributed by atoms with van der Waals surface area (Å²) >= 11 is 1.70. The number of aryl methyl sites for hydroxylation is 1. The molecule has 1 atom stereocenters. The van der Waals surface area contributed by atoms with Crippen molar-refractivity contribution in [2.75, 3.05) is 32.7 Å². The molecule has 0 radical (unpaired) electrons. The van der Waals surface area contributed by atoms with E-state index in [1.165, 1.54) is 0 Å². The number of aliphatic hydroxyl groups is 1. The van der Waals surface area contributed by atoms with E-state index >= 15 is 0 Å². The van der Waals surface area contributed by atoms with Gasteiger partial charge in [0.15, 0.2) is 0 Å². The maximum Gasteiger partial charge on any atom is 0.0991 e. The van der Waals surface area contributed by atoms with Crippen LogP contribution in [0.4, 0.5) is 0 Å². The average Bonchev–Trinajstić information content (AvgIpc) is 3.01. The third-order valence-electron chi connectivity index (χ3n) is 4.37. The second-order valence-electron chi connectivity index (χ2n) is 6.18. The van der Waals surface area contributed by atoms with Gasteiger partial charge < -0.3 is 5.11 Å². The van der Waals surface area contributed by atoms with Crippen molar-refractivity contribution in [3.05, 3.63) is 51.5 Å². The molecule has 1 aliphatic rings. The molecule has 3 rings (SSSR count). The summed E-state index contributed by atoms with van der Waals surface area (Å²) in [4.78, 5) is 9.24. The van der Waals surface area contributed by atoms with Crippen molar-refractivity contribution >= 4 is 11.3 Å². The van der Waals surface area contributed by atoms with Crippen molar-refractivity contribution in [2.24, 2.45) is 0 Å². The molecule has 0 amide bonds. The van der Waals surface area contributed by atoms with E-state index in [4.69, 9.17) is 5.26 Å². The fraction of sp³-hybridized carbons (Fsp3) is 0.444. The van der Waals surface area contributed by atoms with Crippen LogP contribution in [0.5, 0.6) is 0 Å². The van der Waals surface area contributed by atoms with Crippen LogP contribution in [0, 0.1) is 18.3 Å². The molecule has 6 heteroatoms. The molecule has 1 fully saturated rings. The largest absolute Gasteiger partial charge is 0.387 e. The number of β-amino-alcohol motifs (C(OH)–C–C–N with tert-alkyl or cyclic N) is 1. The molecule has 1 aromatic carbocycles. The number of nitriles is 1. The molecule has 126 valence electrons. The Hall–Kier alpha value is -1.78. The molecule has 5 nitrogen and oxygen atoms in total. The minimum Gasteiger partial charge on any atom is -0.387 e. The van der Waals surface area contributed by atoms with Gasteiger partial charge in [0.05, 0.1) is 28.4 Å². The van der Waals surface area contributed by atoms with Gasteiger partial charge in [-0.15, -0.1) is 11.3 Å². The van der Waals surface area contributed by atoms with Crippen molar-refractivity contribution in [1.82, 2.24) is 14.8 Å². The zero-order valence-corrected chi connectivity index (χ0v) is 14.7. The molecule has 2 aromatic rings. The summed E-state index contributed by atoms with van der Waals surface area (Å²) in [6.07, 6.45) is -0.509. The first-order chi connectivity index (χ1) is 11.6. The number of aliphatic hydroxyl groups excluding tert-OH is 1. The summed E-state index contributed by atoms with van der Waals surface area (Å²) in [6.45, 7) is 7.49. The van der Waals surface area contributed by atoms with E-state index in [1.54, 1.807) is 23.5 Å². The first-order valence-electron chi connectivity index (χ1n) is 8.18. The number of hydrogen-bond acceptors (Lipinski definition) is 6. The maximum absolute atomic E-state index is 10.4. The van der Waals surface area contributed by atoms with Crippen molar-refractivity contribution in [2.45, 2.75) is 19.6 Å². The molecular weight excluding hydrogens is 320 g/mol. The van der Waals surface area contributed by atoms with Crippen LogP contribution >= 0.6 is 11.3 Å². The second-order valence-corrected chi connectivity index (χ2v) is 7.25. The van der Waals surface area contributed by atoms with Gasteiger partial charge in [-0.25, -0.2) is 4.98 Å². The van der Waals surface area contributed by atoms with E-state index in [1.807, 2.05) is 19.1 Å². The Morgan fingerprint density at radius 3 is 2.46 bits per heavy atom. The van der Waals surface area contributed by atoms with E-state index < -0.39 is 6.10 Å². The van der Waals surface area contributed by atoms with Gasteiger partial charge in [-0.3, -0.25) is 9.80 Å². The molecule has 0 spiro atoms. The SMILES string of the molecule is Cc1nc(CN2CCN(CC(O)c3ccc(C#N)cc3)CC2)cs1. The van der Waals surface area contributed by atoms with Crippen LogP contribution in [0.3, 0.4) is 0 Å². The summed E-state index contributed by atoms with van der Waals surface area (Å²) in [5.41, 5.74) is 2.65. The van der Waals surface area contributed by atoms with E-state index in [0.717, 1.165) is 49.0 Å². The number of hydrogen-bond donors (Lipinski definition) is 1. The van der Waals surface area contributed by atoms with Crippen LogP contribution < -0.4 is 0 Å². The Bertz CT molecular complexity index is 699. The lowest BCUT2D eigenvalue weighted by molar-refractivity contribution is 0.0697. The summed E-state index contributed by atoms with van der Waals surface area (Å²) in [5, 5.41) is 22.5. The van der Waals surface area contributed by atoms with Crippen LogP contribution in [-0.2, 0) is 6.54 Å². The van der Waals surface area contributed by atoms with Gasteiger partial charge in [0.2, 0.25) is 0 Å². The van der Waals surface area contributed by atoms with E-state index in [-0.39, 0.29) is 0 Å². The fourth-order valence-corrected chi connectivity index (χ4v) is 3.57. The molecule has 2 heterocycles. The second kappa shape index (κ2) is 7.86. The minimum atomic E-state index is -0.509. The van der Waals surface area contributed by atoms with Gasteiger partial charge in [0.1, 0.15) is 0 Å². The monoisotopic (exact) mass is 342 g/mol. The molecule has 1 N–H and O–H groups in total. The molecule has 1 saturated heterocycles. The fourth-order valence-electron chi connectivity index (χ4n) is 2.97. The molecule has 1 aliphatic heterocycles. The van der Waals surface area contributed by atoms with Crippen molar-refractivity contribution in [3.8, 4) is 6.07 Å². The van der Waals surface area contributed by atoms with Gasteiger partial charge in [-0.2, -0.15) is 5.26 Å². The zero-order valence-electron chi connectivity index (χ0n) is 13.9. The van der Waals surface area contributed by atoms with Gasteiger partial charge in [0.25, 0.3) is 0 Å². The van der Waals surface area contributed by atoms with Crippen molar-refractivity contribution in [3.63, 3.8) is 0 Å². The first kappa shape index (κ1) is 17.1. The van der Waals surface area contributed by atoms with Crippen molar-refractivity contribution in [1.29, 1.82) is 5.26 Å². The Balaban J connectivity index is 1.47. The number of nitrogens with zero attached hydrogens (tertiary/aromatic N) is 4. The Kier molecular flexibility index (Phi) is 5.59. The van der Waals surface area contributed by atoms with E-state index in [2.05, 4.69) is 26.2 Å². The predicted molar refractivity (Wildman–Crippen MR) is 94.7 cm³/mol. The molecule has 0 aliphatic carbocycles. The van der Waals surface area contributed by atoms with Gasteiger partial charge in [-0.1, -0.05) is 12.1 Å². The highest BCUT2D eigenvalue weighted by molar-refractivity contribution is 7.09. The summed E-state index contributed by atoms with van der Waals surface area (Å²) in [7, 11) is 0. The van der Waals surface area contributed by atoms with Gasteiger partial charge in [0, 0.05) is 44.6 Å². The predicted octanol–water partition coefficient (Wildman–Crippen LogP) is 2.17.